The van der Waals surface area contributed by atoms with Crippen molar-refractivity contribution in [2.24, 2.45) is 0 Å². The van der Waals surface area contributed by atoms with E-state index in [1.54, 1.807) is 18.2 Å². The SMILES string of the molecule is CC(=O)N(CCC(O[P+](=O)O)c1ccc(Cl)c(Cl)c1)OC(C)c1ccc(C)cc1. The zero-order chi connectivity index (χ0) is 21.6. The molecule has 0 saturated carbocycles. The maximum atomic E-state index is 12.0. The zero-order valence-electron chi connectivity index (χ0n) is 16.3. The zero-order valence-corrected chi connectivity index (χ0v) is 18.7. The smallest absolute Gasteiger partial charge is 0.273 e. The van der Waals surface area contributed by atoms with Crippen LogP contribution >= 0.6 is 31.5 Å². The van der Waals surface area contributed by atoms with Crippen molar-refractivity contribution in [3.8, 4) is 0 Å². The molecular weight excluding hydrogens is 436 g/mol. The first kappa shape index (κ1) is 23.7. The highest BCUT2D eigenvalue weighted by atomic mass is 35.5. The lowest BCUT2D eigenvalue weighted by Gasteiger charge is -2.25. The van der Waals surface area contributed by atoms with Crippen LogP contribution in [0.1, 0.15) is 49.2 Å². The lowest BCUT2D eigenvalue weighted by atomic mass is 10.1. The molecule has 0 aliphatic carbocycles. The molecule has 2 aromatic carbocycles. The molecular formula is C20H23Cl2NO5P+. The van der Waals surface area contributed by atoms with Crippen LogP contribution in [0.15, 0.2) is 42.5 Å². The van der Waals surface area contributed by atoms with E-state index in [1.807, 2.05) is 38.1 Å². The first-order chi connectivity index (χ1) is 13.7. The number of nitrogens with zero attached hydrogens (tertiary/aromatic N) is 1. The summed E-state index contributed by atoms with van der Waals surface area (Å²) in [5.74, 6) is -0.287. The largest absolute Gasteiger partial charge is 0.695 e. The molecule has 0 spiro atoms. The highest BCUT2D eigenvalue weighted by Gasteiger charge is 2.27. The van der Waals surface area contributed by atoms with Gasteiger partial charge in [-0.2, -0.15) is 0 Å². The highest BCUT2D eigenvalue weighted by molar-refractivity contribution is 7.32. The third-order valence-corrected chi connectivity index (χ3v) is 5.48. The van der Waals surface area contributed by atoms with Crippen LogP contribution in [0, 0.1) is 6.92 Å². The Bertz CT molecular complexity index is 862. The number of carbonyl (C=O) groups excluding carboxylic acids is 1. The molecule has 0 bridgehead atoms. The Morgan fingerprint density at radius 3 is 2.31 bits per heavy atom. The molecule has 29 heavy (non-hydrogen) atoms. The number of carbonyl (C=O) groups is 1. The number of amides is 1. The molecule has 2 rings (SSSR count). The molecule has 6 nitrogen and oxygen atoms in total. The monoisotopic (exact) mass is 458 g/mol. The van der Waals surface area contributed by atoms with Gasteiger partial charge in [0.15, 0.2) is 0 Å². The van der Waals surface area contributed by atoms with E-state index in [-0.39, 0.29) is 25.0 Å². The highest BCUT2D eigenvalue weighted by Crippen LogP contribution is 2.34. The fraction of sp³-hybridized carbons (Fsp3) is 0.350. The minimum Gasteiger partial charge on any atom is -0.273 e. The second kappa shape index (κ2) is 11.0. The maximum Gasteiger partial charge on any atom is 0.695 e. The maximum absolute atomic E-state index is 12.0. The fourth-order valence-electron chi connectivity index (χ4n) is 2.71. The van der Waals surface area contributed by atoms with Gasteiger partial charge in [0.25, 0.3) is 0 Å². The number of rotatable bonds is 9. The van der Waals surface area contributed by atoms with E-state index in [0.717, 1.165) is 11.1 Å². The molecule has 1 amide bonds. The quantitative estimate of drug-likeness (QED) is 0.371. The summed E-state index contributed by atoms with van der Waals surface area (Å²) >= 11 is 12.0. The molecule has 3 unspecified atom stereocenters. The van der Waals surface area contributed by atoms with Gasteiger partial charge in [0.2, 0.25) is 5.91 Å². The summed E-state index contributed by atoms with van der Waals surface area (Å²) in [4.78, 5) is 27.1. The predicted octanol–water partition coefficient (Wildman–Crippen LogP) is 5.94. The van der Waals surface area contributed by atoms with Crippen molar-refractivity contribution in [2.45, 2.75) is 39.4 Å². The normalized spacial score (nSPS) is 13.7. The van der Waals surface area contributed by atoms with E-state index in [1.165, 1.54) is 12.0 Å². The van der Waals surface area contributed by atoms with Crippen LogP contribution in [-0.2, 0) is 18.7 Å². The molecule has 9 heteroatoms. The van der Waals surface area contributed by atoms with Crippen LogP contribution < -0.4 is 0 Å². The summed E-state index contributed by atoms with van der Waals surface area (Å²) in [5, 5.41) is 1.89. The van der Waals surface area contributed by atoms with E-state index in [0.29, 0.717) is 15.6 Å². The molecule has 0 fully saturated rings. The average molecular weight is 459 g/mol. The second-order valence-electron chi connectivity index (χ2n) is 6.57. The first-order valence-electron chi connectivity index (χ1n) is 8.96. The van der Waals surface area contributed by atoms with Crippen LogP contribution in [0.3, 0.4) is 0 Å². The summed E-state index contributed by atoms with van der Waals surface area (Å²) in [6.45, 7) is 5.38. The number of hydrogen-bond donors (Lipinski definition) is 1. The minimum atomic E-state index is -2.85. The van der Waals surface area contributed by atoms with Gasteiger partial charge in [0.1, 0.15) is 12.2 Å². The van der Waals surface area contributed by atoms with Gasteiger partial charge < -0.3 is 0 Å². The second-order valence-corrected chi connectivity index (χ2v) is 8.07. The number of benzene rings is 2. The van der Waals surface area contributed by atoms with Gasteiger partial charge in [-0.3, -0.25) is 9.63 Å². The van der Waals surface area contributed by atoms with Gasteiger partial charge in [-0.15, -0.1) is 9.42 Å². The van der Waals surface area contributed by atoms with Crippen LogP contribution in [-0.4, -0.2) is 22.4 Å². The van der Waals surface area contributed by atoms with Crippen molar-refractivity contribution >= 4 is 37.4 Å². The molecule has 0 aliphatic heterocycles. The number of hydrogen-bond acceptors (Lipinski definition) is 4. The third kappa shape index (κ3) is 7.34. The third-order valence-electron chi connectivity index (χ3n) is 4.31. The van der Waals surface area contributed by atoms with E-state index >= 15 is 0 Å². The Morgan fingerprint density at radius 2 is 1.76 bits per heavy atom. The molecule has 3 atom stereocenters. The van der Waals surface area contributed by atoms with Crippen LogP contribution in [0.25, 0.3) is 0 Å². The van der Waals surface area contributed by atoms with Gasteiger partial charge in [-0.25, -0.2) is 5.06 Å². The Balaban J connectivity index is 2.10. The van der Waals surface area contributed by atoms with Crippen LogP contribution in [0.5, 0.6) is 0 Å². The summed E-state index contributed by atoms with van der Waals surface area (Å²) in [6.07, 6.45) is -0.892. The molecule has 0 aliphatic rings. The molecule has 0 heterocycles. The van der Waals surface area contributed by atoms with Gasteiger partial charge in [-0.1, -0.05) is 59.1 Å². The minimum absolute atomic E-state index is 0.152. The molecule has 0 radical (unpaired) electrons. The van der Waals surface area contributed by atoms with Crippen molar-refractivity contribution in [3.63, 3.8) is 0 Å². The topological polar surface area (TPSA) is 76.1 Å². The van der Waals surface area contributed by atoms with Crippen molar-refractivity contribution in [1.29, 1.82) is 0 Å². The van der Waals surface area contributed by atoms with Crippen molar-refractivity contribution in [2.75, 3.05) is 6.54 Å². The van der Waals surface area contributed by atoms with E-state index in [9.17, 15) is 14.3 Å². The Hall–Kier alpha value is -1.53. The van der Waals surface area contributed by atoms with Crippen molar-refractivity contribution in [1.82, 2.24) is 5.06 Å². The molecule has 0 aromatic heterocycles. The summed E-state index contributed by atoms with van der Waals surface area (Å²) in [7, 11) is -2.85. The van der Waals surface area contributed by atoms with Crippen molar-refractivity contribution in [3.05, 3.63) is 69.2 Å². The van der Waals surface area contributed by atoms with Gasteiger partial charge in [0.05, 0.1) is 16.6 Å². The number of halogens is 2. The van der Waals surface area contributed by atoms with E-state index in [2.05, 4.69) is 0 Å². The molecule has 156 valence electrons. The number of aryl methyl sites for hydroxylation is 1. The van der Waals surface area contributed by atoms with Crippen molar-refractivity contribution < 1.29 is 23.6 Å². The fourth-order valence-corrected chi connectivity index (χ4v) is 3.46. The summed E-state index contributed by atoms with van der Waals surface area (Å²) < 4.78 is 16.4. The molecule has 0 saturated heterocycles. The first-order valence-corrected chi connectivity index (χ1v) is 10.8. The average Bonchev–Trinajstić information content (AvgIpc) is 2.66. The summed E-state index contributed by atoms with van der Waals surface area (Å²) in [6, 6.07) is 12.6. The van der Waals surface area contributed by atoms with Gasteiger partial charge in [-0.05, 0) is 37.1 Å². The summed E-state index contributed by atoms with van der Waals surface area (Å²) in [5.41, 5.74) is 2.63. The van der Waals surface area contributed by atoms with Crippen LogP contribution in [0.2, 0.25) is 10.0 Å². The molecule has 2 aromatic rings. The Kier molecular flexibility index (Phi) is 9.03. The predicted molar refractivity (Wildman–Crippen MR) is 113 cm³/mol. The lowest BCUT2D eigenvalue weighted by molar-refractivity contribution is -0.204. The lowest BCUT2D eigenvalue weighted by Crippen LogP contribution is -2.32. The standard InChI is InChI=1S/C20H22Cl2NO5P/c1-13-4-6-16(7-5-13)14(2)27-23(15(3)24)11-10-20(28-29(25)26)17-8-9-18(21)19(22)12-17/h4-9,12,14,20H,10-11H2,1-3H3/p+1. The Morgan fingerprint density at radius 1 is 1.14 bits per heavy atom. The van der Waals surface area contributed by atoms with Crippen LogP contribution in [0.4, 0.5) is 0 Å². The number of hydroxylamine groups is 2. The van der Waals surface area contributed by atoms with Gasteiger partial charge >= 0.3 is 8.25 Å². The van der Waals surface area contributed by atoms with E-state index < -0.39 is 14.4 Å². The molecule has 1 N–H and O–H groups in total. The Labute approximate surface area is 181 Å². The van der Waals surface area contributed by atoms with E-state index in [4.69, 9.17) is 32.6 Å². The van der Waals surface area contributed by atoms with Gasteiger partial charge in [0, 0.05) is 17.9 Å².